The number of hydrogen-bond donors (Lipinski definition) is 13. The quantitative estimate of drug-likeness (QED) is 0.0876. The van der Waals surface area contributed by atoms with E-state index in [0.29, 0.717) is 0 Å². The second-order valence-electron chi connectivity index (χ2n) is 13.7. The summed E-state index contributed by atoms with van der Waals surface area (Å²) in [6.45, 7) is -2.43. The molecule has 5 aliphatic rings. The Bertz CT molecular complexity index is 1680. The van der Waals surface area contributed by atoms with E-state index in [4.69, 9.17) is 42.6 Å². The third-order valence-corrected chi connectivity index (χ3v) is 10.1. The maximum Gasteiger partial charge on any atom is 0.305 e. The molecule has 16 unspecified atom stereocenters. The van der Waals surface area contributed by atoms with Crippen LogP contribution in [0.15, 0.2) is 53.2 Å². The number of ether oxygens (including phenoxy) is 9. The predicted molar refractivity (Wildman–Crippen MR) is 183 cm³/mol. The van der Waals surface area contributed by atoms with Gasteiger partial charge in [0.15, 0.2) is 23.9 Å². The van der Waals surface area contributed by atoms with Gasteiger partial charge in [-0.05, 0) is 0 Å². The van der Waals surface area contributed by atoms with Crippen molar-refractivity contribution in [1.29, 1.82) is 0 Å². The van der Waals surface area contributed by atoms with Crippen molar-refractivity contribution in [1.82, 2.24) is 0 Å². The number of rotatable bonds is 12. The van der Waals surface area contributed by atoms with Crippen molar-refractivity contribution >= 4 is 5.76 Å². The Hall–Kier alpha value is -3.82. The van der Waals surface area contributed by atoms with Crippen molar-refractivity contribution in [3.8, 4) is 17.2 Å². The fourth-order valence-electron chi connectivity index (χ4n) is 6.82. The monoisotopic (exact) mass is 819 g/mol. The summed E-state index contributed by atoms with van der Waals surface area (Å²) in [5.41, 5.74) is 0.259. The maximum absolute atomic E-state index is 11.3. The van der Waals surface area contributed by atoms with Crippen LogP contribution >= 0.6 is 0 Å². The molecule has 57 heavy (non-hydrogen) atoms. The number of hydrogen-bond acceptors (Lipinski definition) is 21. The number of methoxy groups -OCH3 is 2. The average Bonchev–Trinajstić information content (AvgIpc) is 3.20. The number of aromatic hydroxyl groups is 1. The third kappa shape index (κ3) is 8.25. The molecule has 4 heterocycles. The highest BCUT2D eigenvalue weighted by Gasteiger charge is 2.53. The van der Waals surface area contributed by atoms with Crippen molar-refractivity contribution in [2.24, 2.45) is 0 Å². The molecule has 1 aliphatic carbocycles. The molecule has 0 spiro atoms. The Kier molecular flexibility index (Phi) is 13.2. The topological polar surface area (TPSA) is 350 Å². The molecule has 3 fully saturated rings. The van der Waals surface area contributed by atoms with Crippen molar-refractivity contribution in [2.45, 2.75) is 98.2 Å². The number of aliphatic hydroxyl groups is 14. The first-order valence-corrected chi connectivity index (χ1v) is 17.6. The fraction of sp³-hybridized carbons (Fsp3) is 0.600. The summed E-state index contributed by atoms with van der Waals surface area (Å²) in [6.07, 6.45) is -23.7. The van der Waals surface area contributed by atoms with E-state index in [1.807, 2.05) is 0 Å². The lowest BCUT2D eigenvalue weighted by Crippen LogP contribution is -2.64. The molecule has 0 bridgehead atoms. The van der Waals surface area contributed by atoms with Gasteiger partial charge >= 0.3 is 5.76 Å². The molecule has 318 valence electrons. The van der Waals surface area contributed by atoms with Crippen molar-refractivity contribution in [2.75, 3.05) is 34.0 Å². The zero-order chi connectivity index (χ0) is 41.5. The third-order valence-electron chi connectivity index (χ3n) is 10.1. The first-order chi connectivity index (χ1) is 27.1. The molecule has 22 heteroatoms. The van der Waals surface area contributed by atoms with Gasteiger partial charge in [-0.3, -0.25) is 0 Å². The molecule has 1 aromatic rings. The smallest absolute Gasteiger partial charge is 0.305 e. The summed E-state index contributed by atoms with van der Waals surface area (Å²) in [5.74, 6) is -1.43. The van der Waals surface area contributed by atoms with Gasteiger partial charge in [-0.2, -0.15) is 0 Å². The molecular formula is C35H47O22+. The van der Waals surface area contributed by atoms with Crippen LogP contribution in [-0.4, -0.2) is 203 Å². The number of phenols is 1. The molecule has 0 amide bonds. The lowest BCUT2D eigenvalue weighted by molar-refractivity contribution is -0.363. The lowest BCUT2D eigenvalue weighted by atomic mass is 9.95. The molecule has 0 radical (unpaired) electrons. The standard InChI is InChI=1S/C35H46O22/c1-49-16-3-11(4-17(50-2)22(16)40)31-18(7-13-14(51-31)5-12(39)6-15(13)52-33-29(47)26(44)23(41)19(8-36)54-33)53-35-32(28(46)25(43)21(10-38)56-35)57-34-30(48)27(45)24(42)20(9-37)55-34/h3-7,14,19-21,23-30,32-48H,8-10H2,1-2H3/p+1. The molecule has 0 aromatic heterocycles. The van der Waals surface area contributed by atoms with E-state index in [1.165, 1.54) is 38.5 Å². The molecule has 22 nitrogen and oxygen atoms in total. The van der Waals surface area contributed by atoms with Gasteiger partial charge in [0, 0.05) is 24.3 Å². The molecule has 4 aliphatic heterocycles. The Morgan fingerprint density at radius 1 is 0.614 bits per heavy atom. The summed E-state index contributed by atoms with van der Waals surface area (Å²) in [6, 6.07) is 2.70. The molecule has 1 aromatic carbocycles. The number of aliphatic hydroxyl groups excluding tert-OH is 12. The van der Waals surface area contributed by atoms with Crippen LogP contribution in [-0.2, 0) is 28.4 Å². The Morgan fingerprint density at radius 3 is 1.67 bits per heavy atom. The number of allylic oxidation sites excluding steroid dienone is 2. The summed E-state index contributed by atoms with van der Waals surface area (Å²) < 4.78 is 50.2. The lowest BCUT2D eigenvalue weighted by Gasteiger charge is -2.46. The largest absolute Gasteiger partial charge is 0.571 e. The van der Waals surface area contributed by atoms with Crippen LogP contribution in [0.5, 0.6) is 17.2 Å². The maximum atomic E-state index is 11.3. The first-order valence-electron chi connectivity index (χ1n) is 17.6. The second-order valence-corrected chi connectivity index (χ2v) is 13.7. The summed E-state index contributed by atoms with van der Waals surface area (Å²) in [5, 5.41) is 136. The number of fused-ring (bicyclic) bond motifs is 1. The van der Waals surface area contributed by atoms with Gasteiger partial charge in [0.1, 0.15) is 78.7 Å². The van der Waals surface area contributed by atoms with Gasteiger partial charge in [0.25, 0.3) is 0 Å². The minimum absolute atomic E-state index is 0.0603. The van der Waals surface area contributed by atoms with Crippen LogP contribution in [0, 0.1) is 0 Å². The Morgan fingerprint density at radius 2 is 1.12 bits per heavy atom. The van der Waals surface area contributed by atoms with Crippen LogP contribution < -0.4 is 9.47 Å². The SMILES string of the molecule is COc1cc(C2=C(OC3OC(CO)C(O)C(O)C3OC3OC(CO)C(O)C(O)C3O)C=C3C(OC4OC(CO)C(O)C(O)C4O)=CC(O)=CC3[OH+]2)cc(OC)c1O. The zero-order valence-corrected chi connectivity index (χ0v) is 30.3. The van der Waals surface area contributed by atoms with Gasteiger partial charge in [-0.25, -0.2) is 0 Å². The van der Waals surface area contributed by atoms with Gasteiger partial charge in [-0.1, -0.05) is 0 Å². The van der Waals surface area contributed by atoms with Gasteiger partial charge < -0.3 is 109 Å². The molecule has 16 atom stereocenters. The fourth-order valence-corrected chi connectivity index (χ4v) is 6.82. The minimum Gasteiger partial charge on any atom is -0.571 e. The van der Waals surface area contributed by atoms with E-state index in [0.717, 1.165) is 6.08 Å². The highest BCUT2D eigenvalue weighted by Crippen LogP contribution is 2.44. The molecule has 14 N–H and O–H groups in total. The van der Waals surface area contributed by atoms with E-state index < -0.39 is 118 Å². The van der Waals surface area contributed by atoms with Crippen LogP contribution in [0.2, 0.25) is 0 Å². The van der Waals surface area contributed by atoms with E-state index in [-0.39, 0.29) is 51.4 Å². The summed E-state index contributed by atoms with van der Waals surface area (Å²) in [4.78, 5) is 0. The van der Waals surface area contributed by atoms with E-state index in [9.17, 15) is 66.4 Å². The highest BCUT2D eigenvalue weighted by atomic mass is 16.8. The first kappa shape index (κ1) is 42.8. The number of phenolic OH excluding ortho intramolecular Hbond substituents is 1. The number of benzene rings is 1. The van der Waals surface area contributed by atoms with Crippen molar-refractivity contribution in [3.05, 3.63) is 58.8 Å². The van der Waals surface area contributed by atoms with Crippen molar-refractivity contribution in [3.63, 3.8) is 0 Å². The van der Waals surface area contributed by atoms with Crippen LogP contribution in [0.4, 0.5) is 0 Å². The Labute approximate surface area is 323 Å². The van der Waals surface area contributed by atoms with Crippen LogP contribution in [0.25, 0.3) is 5.76 Å². The predicted octanol–water partition coefficient (Wildman–Crippen LogP) is -5.29. The minimum atomic E-state index is -1.96. The second kappa shape index (κ2) is 17.6. The van der Waals surface area contributed by atoms with E-state index >= 15 is 0 Å². The van der Waals surface area contributed by atoms with Gasteiger partial charge in [0.05, 0.1) is 51.3 Å². The van der Waals surface area contributed by atoms with Crippen LogP contribution in [0.3, 0.4) is 0 Å². The Balaban J connectivity index is 1.43. The summed E-state index contributed by atoms with van der Waals surface area (Å²) >= 11 is 0. The summed E-state index contributed by atoms with van der Waals surface area (Å²) in [7, 11) is 2.54. The molecular weight excluding hydrogens is 772 g/mol. The van der Waals surface area contributed by atoms with Crippen molar-refractivity contribution < 1.29 is 109 Å². The normalized spacial score (nSPS) is 39.6. The molecule has 0 saturated carbocycles. The highest BCUT2D eigenvalue weighted by molar-refractivity contribution is 5.71. The molecule has 3 saturated heterocycles. The van der Waals surface area contributed by atoms with Crippen LogP contribution in [0.1, 0.15) is 5.56 Å². The van der Waals surface area contributed by atoms with Gasteiger partial charge in [-0.15, -0.1) is 0 Å². The van der Waals surface area contributed by atoms with E-state index in [2.05, 4.69) is 0 Å². The average molecular weight is 820 g/mol. The zero-order valence-electron chi connectivity index (χ0n) is 30.3. The van der Waals surface area contributed by atoms with Gasteiger partial charge in [0.2, 0.25) is 30.2 Å². The molecule has 6 rings (SSSR count). The van der Waals surface area contributed by atoms with E-state index in [1.54, 1.807) is 0 Å².